The quantitative estimate of drug-likeness (QED) is 0.878. The van der Waals surface area contributed by atoms with E-state index < -0.39 is 0 Å². The summed E-state index contributed by atoms with van der Waals surface area (Å²) in [5, 5.41) is 6.51. The summed E-state index contributed by atoms with van der Waals surface area (Å²) < 4.78 is 0. The zero-order valence-electron chi connectivity index (χ0n) is 13.7. The van der Waals surface area contributed by atoms with Gasteiger partial charge in [0.2, 0.25) is 0 Å². The van der Waals surface area contributed by atoms with Crippen molar-refractivity contribution in [3.63, 3.8) is 0 Å². The summed E-state index contributed by atoms with van der Waals surface area (Å²) in [6.45, 7) is 1.23. The molecule has 1 heterocycles. The van der Waals surface area contributed by atoms with Crippen LogP contribution in [-0.2, 0) is 0 Å². The zero-order valence-corrected chi connectivity index (χ0v) is 14.5. The van der Waals surface area contributed by atoms with Gasteiger partial charge in [-0.15, -0.1) is 0 Å². The summed E-state index contributed by atoms with van der Waals surface area (Å²) in [6.07, 6.45) is 1.48. The topological polar surface area (TPSA) is 61.4 Å². The van der Waals surface area contributed by atoms with E-state index in [0.29, 0.717) is 23.7 Å². The summed E-state index contributed by atoms with van der Waals surface area (Å²) >= 11 is 5.84. The Morgan fingerprint density at radius 1 is 0.960 bits per heavy atom. The van der Waals surface area contributed by atoms with Gasteiger partial charge < -0.3 is 15.5 Å². The Morgan fingerprint density at radius 2 is 1.60 bits per heavy atom. The maximum absolute atomic E-state index is 12.3. The second-order valence-electron chi connectivity index (χ2n) is 6.04. The number of benzene rings is 2. The van der Waals surface area contributed by atoms with Crippen molar-refractivity contribution in [2.24, 2.45) is 0 Å². The maximum atomic E-state index is 12.3. The van der Waals surface area contributed by atoms with Crippen molar-refractivity contribution >= 4 is 29.2 Å². The first-order valence-electron chi connectivity index (χ1n) is 8.29. The highest BCUT2D eigenvalue weighted by atomic mass is 35.5. The molecule has 6 heteroatoms. The van der Waals surface area contributed by atoms with Crippen LogP contribution in [0.1, 0.15) is 23.2 Å². The highest BCUT2D eigenvalue weighted by Crippen LogP contribution is 2.15. The van der Waals surface area contributed by atoms with Crippen LogP contribution in [0.25, 0.3) is 0 Å². The van der Waals surface area contributed by atoms with Gasteiger partial charge in [-0.05, 0) is 49.2 Å². The van der Waals surface area contributed by atoms with Gasteiger partial charge in [0.1, 0.15) is 0 Å². The molecule has 0 bridgehead atoms. The summed E-state index contributed by atoms with van der Waals surface area (Å²) in [4.78, 5) is 26.3. The first-order chi connectivity index (χ1) is 12.1. The SMILES string of the molecule is O=C(NC1CCN(C(=O)Nc2ccccc2)CC1)c1ccc(Cl)cc1. The molecule has 2 aromatic carbocycles. The van der Waals surface area contributed by atoms with Gasteiger partial charge >= 0.3 is 6.03 Å². The van der Waals surface area contributed by atoms with Crippen molar-refractivity contribution < 1.29 is 9.59 Å². The number of nitrogens with zero attached hydrogens (tertiary/aromatic N) is 1. The van der Waals surface area contributed by atoms with Gasteiger partial charge in [0.05, 0.1) is 0 Å². The summed E-state index contributed by atoms with van der Waals surface area (Å²) in [6, 6.07) is 16.2. The van der Waals surface area contributed by atoms with Crippen LogP contribution in [0.3, 0.4) is 0 Å². The predicted octanol–water partition coefficient (Wildman–Crippen LogP) is 3.77. The molecule has 1 aliphatic heterocycles. The van der Waals surface area contributed by atoms with Crippen LogP contribution in [0.4, 0.5) is 10.5 Å². The first-order valence-corrected chi connectivity index (χ1v) is 8.67. The van der Waals surface area contributed by atoms with E-state index in [2.05, 4.69) is 10.6 Å². The Kier molecular flexibility index (Phi) is 5.56. The molecule has 1 saturated heterocycles. The molecule has 0 radical (unpaired) electrons. The monoisotopic (exact) mass is 357 g/mol. The average molecular weight is 358 g/mol. The Hall–Kier alpha value is -2.53. The Labute approximate surface area is 152 Å². The van der Waals surface area contributed by atoms with Crippen molar-refractivity contribution in [2.75, 3.05) is 18.4 Å². The number of nitrogens with one attached hydrogen (secondary N) is 2. The fourth-order valence-corrected chi connectivity index (χ4v) is 2.95. The third-order valence-electron chi connectivity index (χ3n) is 4.25. The number of amides is 3. The molecule has 1 fully saturated rings. The molecule has 0 aromatic heterocycles. The van der Waals surface area contributed by atoms with Gasteiger partial charge in [0, 0.05) is 35.4 Å². The number of urea groups is 1. The van der Waals surface area contributed by atoms with Gasteiger partial charge in [-0.25, -0.2) is 4.79 Å². The highest BCUT2D eigenvalue weighted by molar-refractivity contribution is 6.30. The molecule has 0 unspecified atom stereocenters. The molecule has 3 rings (SSSR count). The number of piperidine rings is 1. The van der Waals surface area contributed by atoms with E-state index in [1.807, 2.05) is 30.3 Å². The van der Waals surface area contributed by atoms with Gasteiger partial charge in [-0.1, -0.05) is 29.8 Å². The number of rotatable bonds is 3. The van der Waals surface area contributed by atoms with Crippen LogP contribution < -0.4 is 10.6 Å². The molecule has 2 N–H and O–H groups in total. The fourth-order valence-electron chi connectivity index (χ4n) is 2.82. The van der Waals surface area contributed by atoms with Crippen molar-refractivity contribution in [3.05, 3.63) is 65.2 Å². The molecule has 1 aliphatic rings. The van der Waals surface area contributed by atoms with Gasteiger partial charge in [-0.3, -0.25) is 4.79 Å². The van der Waals surface area contributed by atoms with E-state index >= 15 is 0 Å². The van der Waals surface area contributed by atoms with Crippen LogP contribution in [0.2, 0.25) is 5.02 Å². The normalized spacial score (nSPS) is 14.8. The lowest BCUT2D eigenvalue weighted by Gasteiger charge is -2.32. The number of hydrogen-bond donors (Lipinski definition) is 2. The largest absolute Gasteiger partial charge is 0.349 e. The van der Waals surface area contributed by atoms with Crippen LogP contribution in [0.5, 0.6) is 0 Å². The van der Waals surface area contributed by atoms with E-state index in [-0.39, 0.29) is 18.0 Å². The number of anilines is 1. The van der Waals surface area contributed by atoms with Crippen molar-refractivity contribution in [3.8, 4) is 0 Å². The van der Waals surface area contributed by atoms with E-state index in [0.717, 1.165) is 18.5 Å². The van der Waals surface area contributed by atoms with Crippen molar-refractivity contribution in [1.29, 1.82) is 0 Å². The molecule has 130 valence electrons. The summed E-state index contributed by atoms with van der Waals surface area (Å²) in [5.41, 5.74) is 1.37. The van der Waals surface area contributed by atoms with E-state index in [9.17, 15) is 9.59 Å². The Morgan fingerprint density at radius 3 is 2.24 bits per heavy atom. The van der Waals surface area contributed by atoms with E-state index in [1.54, 1.807) is 29.2 Å². The molecule has 5 nitrogen and oxygen atoms in total. The molecule has 2 aromatic rings. The molecule has 0 spiro atoms. The maximum Gasteiger partial charge on any atom is 0.321 e. The second kappa shape index (κ2) is 8.03. The minimum absolute atomic E-state index is 0.0731. The smallest absolute Gasteiger partial charge is 0.321 e. The fraction of sp³-hybridized carbons (Fsp3) is 0.263. The van der Waals surface area contributed by atoms with Crippen LogP contribution >= 0.6 is 11.6 Å². The third-order valence-corrected chi connectivity index (χ3v) is 4.50. The van der Waals surface area contributed by atoms with E-state index in [1.165, 1.54) is 0 Å². The summed E-state index contributed by atoms with van der Waals surface area (Å²) in [7, 11) is 0. The lowest BCUT2D eigenvalue weighted by molar-refractivity contribution is 0.0919. The molecule has 0 aliphatic carbocycles. The van der Waals surface area contributed by atoms with Gasteiger partial charge in [0.15, 0.2) is 0 Å². The van der Waals surface area contributed by atoms with Crippen LogP contribution in [0.15, 0.2) is 54.6 Å². The number of likely N-dealkylation sites (tertiary alicyclic amines) is 1. The number of para-hydroxylation sites is 1. The van der Waals surface area contributed by atoms with E-state index in [4.69, 9.17) is 11.6 Å². The molecule has 3 amide bonds. The number of halogens is 1. The minimum atomic E-state index is -0.108. The summed E-state index contributed by atoms with van der Waals surface area (Å²) in [5.74, 6) is -0.108. The lowest BCUT2D eigenvalue weighted by atomic mass is 10.0. The number of hydrogen-bond acceptors (Lipinski definition) is 2. The van der Waals surface area contributed by atoms with Crippen molar-refractivity contribution in [2.45, 2.75) is 18.9 Å². The van der Waals surface area contributed by atoms with Gasteiger partial charge in [0.25, 0.3) is 5.91 Å². The lowest BCUT2D eigenvalue weighted by Crippen LogP contribution is -2.47. The van der Waals surface area contributed by atoms with Crippen LogP contribution in [0, 0.1) is 0 Å². The molecule has 25 heavy (non-hydrogen) atoms. The second-order valence-corrected chi connectivity index (χ2v) is 6.47. The average Bonchev–Trinajstić information content (AvgIpc) is 2.63. The third kappa shape index (κ3) is 4.73. The van der Waals surface area contributed by atoms with Crippen LogP contribution in [-0.4, -0.2) is 36.0 Å². The first kappa shape index (κ1) is 17.3. The van der Waals surface area contributed by atoms with Gasteiger partial charge in [-0.2, -0.15) is 0 Å². The van der Waals surface area contributed by atoms with Crippen molar-refractivity contribution in [1.82, 2.24) is 10.2 Å². The minimum Gasteiger partial charge on any atom is -0.349 e. The highest BCUT2D eigenvalue weighted by Gasteiger charge is 2.24. The Balaban J connectivity index is 1.47. The standard InChI is InChI=1S/C19H20ClN3O2/c20-15-8-6-14(7-9-15)18(24)21-17-10-12-23(13-11-17)19(25)22-16-4-2-1-3-5-16/h1-9,17H,10-13H2,(H,21,24)(H,22,25). The molecule has 0 saturated carbocycles. The predicted molar refractivity (Wildman–Crippen MR) is 99.0 cm³/mol. The zero-order chi connectivity index (χ0) is 17.6. The molecular weight excluding hydrogens is 338 g/mol. The number of carbonyl (C=O) groups excluding carboxylic acids is 2. The molecular formula is C19H20ClN3O2. The Bertz CT molecular complexity index is 726. The number of carbonyl (C=O) groups is 2. The molecule has 0 atom stereocenters.